The first kappa shape index (κ1) is 1.87. The van der Waals surface area contributed by atoms with Gasteiger partial charge in [-0.25, -0.2) is 4.98 Å². The van der Waals surface area contributed by atoms with Crippen molar-refractivity contribution in [3.8, 4) is 5.75 Å². The van der Waals surface area contributed by atoms with Crippen molar-refractivity contribution in [1.82, 2.24) is 4.98 Å². The Morgan fingerprint density at radius 1 is 1.89 bits per heavy atom. The maximum Gasteiger partial charge on any atom is 0.137 e. The first-order valence-corrected chi connectivity index (χ1v) is 2.14. The lowest BCUT2D eigenvalue weighted by atomic mass is 10.4. The van der Waals surface area contributed by atoms with Crippen molar-refractivity contribution in [2.45, 2.75) is 0 Å². The molecule has 48 valence electrons. The van der Waals surface area contributed by atoms with Crippen LogP contribution in [0.3, 0.4) is 0 Å². The first-order chi connectivity index (χ1) is 6.72. The zero-order valence-corrected chi connectivity index (χ0v) is 4.43. The Morgan fingerprint density at radius 3 is 3.56 bits per heavy atom. The SMILES string of the molecule is [2H]c1nc(N)c([2H])c([2H])c1OC([2H])([2H])[2H]. The number of ether oxygens (including phenoxy) is 1. The van der Waals surface area contributed by atoms with E-state index in [0.717, 1.165) is 0 Å². The van der Waals surface area contributed by atoms with Gasteiger partial charge >= 0.3 is 0 Å². The molecule has 1 heterocycles. The maximum absolute atomic E-state index is 7.35. The van der Waals surface area contributed by atoms with Gasteiger partial charge in [0.25, 0.3) is 0 Å². The fourth-order valence-corrected chi connectivity index (χ4v) is 0.336. The number of hydrogen-bond donors (Lipinski definition) is 1. The van der Waals surface area contributed by atoms with E-state index in [2.05, 4.69) is 9.72 Å². The van der Waals surface area contributed by atoms with Crippen LogP contribution in [0.1, 0.15) is 8.22 Å². The van der Waals surface area contributed by atoms with Gasteiger partial charge < -0.3 is 10.5 Å². The van der Waals surface area contributed by atoms with E-state index in [9.17, 15) is 0 Å². The van der Waals surface area contributed by atoms with Gasteiger partial charge in [0, 0.05) is 0 Å². The molecule has 0 aliphatic heterocycles. The van der Waals surface area contributed by atoms with Gasteiger partial charge in [-0.1, -0.05) is 0 Å². The number of nitrogen functional groups attached to an aromatic ring is 1. The van der Waals surface area contributed by atoms with E-state index in [1.54, 1.807) is 0 Å². The minimum atomic E-state index is -2.78. The van der Waals surface area contributed by atoms with Crippen LogP contribution in [0.5, 0.6) is 5.75 Å². The maximum atomic E-state index is 7.35. The molecule has 0 aliphatic carbocycles. The summed E-state index contributed by atoms with van der Waals surface area (Å²) in [6.45, 7) is 0. The summed E-state index contributed by atoms with van der Waals surface area (Å²) >= 11 is 0. The summed E-state index contributed by atoms with van der Waals surface area (Å²) in [4.78, 5) is 3.38. The number of anilines is 1. The number of methoxy groups -OCH3 is 1. The second-order valence-corrected chi connectivity index (χ2v) is 1.29. The number of nitrogens with zero attached hydrogens (tertiary/aromatic N) is 1. The van der Waals surface area contributed by atoms with Crippen molar-refractivity contribution >= 4 is 5.82 Å². The molecule has 0 saturated carbocycles. The summed E-state index contributed by atoms with van der Waals surface area (Å²) in [5, 5.41) is 0. The Kier molecular flexibility index (Phi) is 0.487. The monoisotopic (exact) mass is 130 g/mol. The first-order valence-electron chi connectivity index (χ1n) is 5.14. The van der Waals surface area contributed by atoms with Crippen molar-refractivity contribution in [3.05, 3.63) is 18.3 Å². The van der Waals surface area contributed by atoms with Gasteiger partial charge in [0.05, 0.1) is 21.4 Å². The van der Waals surface area contributed by atoms with Crippen molar-refractivity contribution < 1.29 is 13.0 Å². The van der Waals surface area contributed by atoms with E-state index in [1.807, 2.05) is 0 Å². The van der Waals surface area contributed by atoms with Crippen molar-refractivity contribution in [3.63, 3.8) is 0 Å². The predicted molar refractivity (Wildman–Crippen MR) is 35.2 cm³/mol. The minimum absolute atomic E-state index is 0.303. The van der Waals surface area contributed by atoms with Crippen LogP contribution in [0, 0.1) is 0 Å². The molecule has 0 spiro atoms. The van der Waals surface area contributed by atoms with E-state index >= 15 is 0 Å². The number of rotatable bonds is 1. The van der Waals surface area contributed by atoms with Crippen molar-refractivity contribution in [1.29, 1.82) is 0 Å². The largest absolute Gasteiger partial charge is 0.495 e. The summed E-state index contributed by atoms with van der Waals surface area (Å²) in [6.07, 6.45) is -0.565. The molecule has 1 aromatic rings. The van der Waals surface area contributed by atoms with Crippen LogP contribution in [0.4, 0.5) is 5.82 Å². The average molecular weight is 130 g/mol. The fourth-order valence-electron chi connectivity index (χ4n) is 0.336. The van der Waals surface area contributed by atoms with Crippen LogP contribution in [0.15, 0.2) is 18.3 Å². The van der Waals surface area contributed by atoms with Crippen LogP contribution in [-0.4, -0.2) is 12.0 Å². The molecule has 3 heteroatoms. The highest BCUT2D eigenvalue weighted by Gasteiger charge is 1.87. The van der Waals surface area contributed by atoms with Crippen LogP contribution in [0.25, 0.3) is 0 Å². The molecule has 0 aromatic carbocycles. The fraction of sp³-hybridized carbons (Fsp3) is 0.167. The molecule has 0 amide bonds. The highest BCUT2D eigenvalue weighted by molar-refractivity contribution is 5.31. The molecule has 0 atom stereocenters. The molecule has 3 nitrogen and oxygen atoms in total. The molecule has 0 aliphatic rings. The molecule has 1 aromatic heterocycles. The number of pyridine rings is 1. The molecule has 0 radical (unpaired) electrons. The predicted octanol–water partition coefficient (Wildman–Crippen LogP) is 0.672. The van der Waals surface area contributed by atoms with Gasteiger partial charge in [-0.15, -0.1) is 0 Å². The van der Waals surface area contributed by atoms with Gasteiger partial charge in [-0.3, -0.25) is 0 Å². The van der Waals surface area contributed by atoms with Gasteiger partial charge in [0.1, 0.15) is 11.6 Å². The summed E-state index contributed by atoms with van der Waals surface area (Å²) in [6, 6.07) is -1.01. The Bertz CT molecular complexity index is 390. The third kappa shape index (κ3) is 1.32. The minimum Gasteiger partial charge on any atom is -0.495 e. The average Bonchev–Trinajstić information content (AvgIpc) is 2.07. The van der Waals surface area contributed by atoms with E-state index in [4.69, 9.17) is 14.0 Å². The summed E-state index contributed by atoms with van der Waals surface area (Å²) in [7, 11) is -2.78. The molecule has 0 bridgehead atoms. The lowest BCUT2D eigenvalue weighted by molar-refractivity contribution is 0.413. The van der Waals surface area contributed by atoms with E-state index in [0.29, 0.717) is 0 Å². The number of aromatic nitrogens is 1. The quantitative estimate of drug-likeness (QED) is 0.608. The molecule has 0 unspecified atom stereocenters. The Hall–Kier alpha value is -1.25. The van der Waals surface area contributed by atoms with E-state index in [-0.39, 0.29) is 5.82 Å². The second kappa shape index (κ2) is 2.35. The highest BCUT2D eigenvalue weighted by Crippen LogP contribution is 2.07. The smallest absolute Gasteiger partial charge is 0.137 e. The van der Waals surface area contributed by atoms with Crippen LogP contribution in [0.2, 0.25) is 0 Å². The lowest BCUT2D eigenvalue weighted by Gasteiger charge is -1.96. The highest BCUT2D eigenvalue weighted by atomic mass is 16.5. The zero-order chi connectivity index (χ0) is 11.8. The van der Waals surface area contributed by atoms with Crippen LogP contribution < -0.4 is 10.5 Å². The molecule has 2 N–H and O–H groups in total. The van der Waals surface area contributed by atoms with Crippen molar-refractivity contribution in [2.24, 2.45) is 0 Å². The Labute approximate surface area is 61.9 Å². The topological polar surface area (TPSA) is 48.1 Å². The van der Waals surface area contributed by atoms with E-state index in [1.165, 1.54) is 0 Å². The molecule has 1 rings (SSSR count). The summed E-state index contributed by atoms with van der Waals surface area (Å²) in [5.74, 6) is -0.864. The van der Waals surface area contributed by atoms with Crippen LogP contribution >= 0.6 is 0 Å². The summed E-state index contributed by atoms with van der Waals surface area (Å²) < 4.78 is 46.7. The van der Waals surface area contributed by atoms with Crippen LogP contribution in [-0.2, 0) is 0 Å². The number of hydrogen-bond acceptors (Lipinski definition) is 3. The molecule has 0 saturated heterocycles. The normalized spacial score (nSPS) is 20.0. The second-order valence-electron chi connectivity index (χ2n) is 1.29. The molecule has 0 fully saturated rings. The Morgan fingerprint density at radius 2 is 2.78 bits per heavy atom. The zero-order valence-electron chi connectivity index (χ0n) is 10.4. The third-order valence-electron chi connectivity index (χ3n) is 0.684. The lowest BCUT2D eigenvalue weighted by Crippen LogP contribution is -1.89. The van der Waals surface area contributed by atoms with Gasteiger partial charge in [-0.2, -0.15) is 0 Å². The van der Waals surface area contributed by atoms with E-state index < -0.39 is 31.0 Å². The molecule has 9 heavy (non-hydrogen) atoms. The van der Waals surface area contributed by atoms with Gasteiger partial charge in [0.2, 0.25) is 0 Å². The molecular weight excluding hydrogens is 116 g/mol. The van der Waals surface area contributed by atoms with Gasteiger partial charge in [-0.05, 0) is 12.1 Å². The Balaban J connectivity index is 3.24. The van der Waals surface area contributed by atoms with Crippen molar-refractivity contribution in [2.75, 3.05) is 12.8 Å². The third-order valence-corrected chi connectivity index (χ3v) is 0.684. The number of nitrogens with two attached hydrogens (primary N) is 1. The molecular formula is C6H8N2O. The summed E-state index contributed by atoms with van der Waals surface area (Å²) in [5.41, 5.74) is 5.22. The standard InChI is InChI=1S/C6H8N2O/c1-9-5-2-3-6(7)8-4-5/h2-4H,1H3,(H2,7,8)/i1D3,2D,3D,4D. The van der Waals surface area contributed by atoms with Gasteiger partial charge in [0.15, 0.2) is 0 Å².